The standard InChI is InChI=1S/C15H12ClNO2S/c16-12-6-5-10(8-11(12)15(18)19)20-14-7-4-9-2-1-3-13(9)17-14/h4-8H,1-3H2,(H,18,19). The van der Waals surface area contributed by atoms with Gasteiger partial charge in [-0.3, -0.25) is 0 Å². The van der Waals surface area contributed by atoms with E-state index in [0.29, 0.717) is 0 Å². The van der Waals surface area contributed by atoms with Gasteiger partial charge in [-0.15, -0.1) is 0 Å². The number of fused-ring (bicyclic) bond motifs is 1. The summed E-state index contributed by atoms with van der Waals surface area (Å²) in [6.45, 7) is 0. The van der Waals surface area contributed by atoms with E-state index in [1.54, 1.807) is 12.1 Å². The van der Waals surface area contributed by atoms with Crippen LogP contribution in [0, 0.1) is 0 Å². The summed E-state index contributed by atoms with van der Waals surface area (Å²) in [6.07, 6.45) is 3.31. The van der Waals surface area contributed by atoms with Crippen LogP contribution in [0.25, 0.3) is 0 Å². The fourth-order valence-electron chi connectivity index (χ4n) is 2.31. The molecule has 3 nitrogen and oxygen atoms in total. The minimum absolute atomic E-state index is 0.123. The highest BCUT2D eigenvalue weighted by molar-refractivity contribution is 7.99. The third-order valence-electron chi connectivity index (χ3n) is 3.29. The van der Waals surface area contributed by atoms with Gasteiger partial charge in [-0.2, -0.15) is 0 Å². The van der Waals surface area contributed by atoms with Gasteiger partial charge in [0.25, 0.3) is 0 Å². The summed E-state index contributed by atoms with van der Waals surface area (Å²) < 4.78 is 0. The van der Waals surface area contributed by atoms with Crippen LogP contribution in [0.2, 0.25) is 5.02 Å². The average Bonchev–Trinajstić information content (AvgIpc) is 2.88. The zero-order chi connectivity index (χ0) is 14.1. The lowest BCUT2D eigenvalue weighted by atomic mass is 10.2. The van der Waals surface area contributed by atoms with Gasteiger partial charge in [-0.05, 0) is 49.1 Å². The Labute approximate surface area is 126 Å². The van der Waals surface area contributed by atoms with Crippen LogP contribution in [0.3, 0.4) is 0 Å². The first kappa shape index (κ1) is 13.5. The monoisotopic (exact) mass is 305 g/mol. The highest BCUT2D eigenvalue weighted by Gasteiger charge is 2.14. The predicted octanol–water partition coefficient (Wildman–Crippen LogP) is 4.07. The number of carboxylic acid groups (broad SMARTS) is 1. The number of carbonyl (C=O) groups is 1. The second-order valence-electron chi connectivity index (χ2n) is 4.66. The number of aromatic nitrogens is 1. The van der Waals surface area contributed by atoms with E-state index in [4.69, 9.17) is 16.7 Å². The number of nitrogens with zero attached hydrogens (tertiary/aromatic N) is 1. The Bertz CT molecular complexity index is 688. The van der Waals surface area contributed by atoms with Crippen molar-refractivity contribution in [1.29, 1.82) is 0 Å². The Balaban J connectivity index is 1.88. The molecule has 0 atom stereocenters. The second kappa shape index (κ2) is 5.46. The van der Waals surface area contributed by atoms with Gasteiger partial charge >= 0.3 is 5.97 Å². The van der Waals surface area contributed by atoms with E-state index in [9.17, 15) is 4.79 Å². The minimum atomic E-state index is -1.01. The lowest BCUT2D eigenvalue weighted by molar-refractivity contribution is 0.0697. The lowest BCUT2D eigenvalue weighted by Gasteiger charge is -2.06. The topological polar surface area (TPSA) is 50.2 Å². The Hall–Kier alpha value is -1.52. The number of halogens is 1. The summed E-state index contributed by atoms with van der Waals surface area (Å²) in [5.41, 5.74) is 2.62. The maximum Gasteiger partial charge on any atom is 0.337 e. The van der Waals surface area contributed by atoms with E-state index < -0.39 is 5.97 Å². The summed E-state index contributed by atoms with van der Waals surface area (Å²) in [4.78, 5) is 16.5. The molecule has 0 amide bonds. The molecular formula is C15H12ClNO2S. The molecule has 1 N–H and O–H groups in total. The van der Waals surface area contributed by atoms with Crippen LogP contribution in [0.1, 0.15) is 28.0 Å². The van der Waals surface area contributed by atoms with E-state index >= 15 is 0 Å². The Morgan fingerprint density at radius 1 is 1.25 bits per heavy atom. The van der Waals surface area contributed by atoms with E-state index in [1.165, 1.54) is 29.4 Å². The molecule has 0 saturated heterocycles. The van der Waals surface area contributed by atoms with Crippen molar-refractivity contribution in [3.05, 3.63) is 52.2 Å². The first-order valence-corrected chi connectivity index (χ1v) is 7.52. The summed E-state index contributed by atoms with van der Waals surface area (Å²) in [5.74, 6) is -1.01. The maximum absolute atomic E-state index is 11.1. The minimum Gasteiger partial charge on any atom is -0.478 e. The summed E-state index contributed by atoms with van der Waals surface area (Å²) in [7, 11) is 0. The molecule has 1 aromatic heterocycles. The summed E-state index contributed by atoms with van der Waals surface area (Å²) >= 11 is 7.33. The molecule has 3 rings (SSSR count). The van der Waals surface area contributed by atoms with Crippen LogP contribution in [-0.4, -0.2) is 16.1 Å². The van der Waals surface area contributed by atoms with Gasteiger partial charge in [0, 0.05) is 10.6 Å². The van der Waals surface area contributed by atoms with Crippen molar-refractivity contribution in [2.45, 2.75) is 29.2 Å². The molecule has 2 aromatic rings. The van der Waals surface area contributed by atoms with Crippen molar-refractivity contribution < 1.29 is 9.90 Å². The van der Waals surface area contributed by atoms with Gasteiger partial charge in [0.1, 0.15) is 5.03 Å². The number of hydrogen-bond donors (Lipinski definition) is 1. The van der Waals surface area contributed by atoms with E-state index in [2.05, 4.69) is 11.1 Å². The highest BCUT2D eigenvalue weighted by Crippen LogP contribution is 2.31. The molecule has 0 fully saturated rings. The molecule has 0 unspecified atom stereocenters. The Morgan fingerprint density at radius 3 is 2.90 bits per heavy atom. The SMILES string of the molecule is O=C(O)c1cc(Sc2ccc3c(n2)CCC3)ccc1Cl. The molecule has 1 aliphatic carbocycles. The fourth-order valence-corrected chi connectivity index (χ4v) is 3.35. The molecule has 5 heteroatoms. The normalized spacial score (nSPS) is 13.2. The molecule has 1 heterocycles. The van der Waals surface area contributed by atoms with Gasteiger partial charge in [0.2, 0.25) is 0 Å². The number of rotatable bonds is 3. The summed E-state index contributed by atoms with van der Waals surface area (Å²) in [6, 6.07) is 9.12. The summed E-state index contributed by atoms with van der Waals surface area (Å²) in [5, 5.41) is 10.2. The number of aryl methyl sites for hydroxylation is 2. The van der Waals surface area contributed by atoms with E-state index in [1.807, 2.05) is 12.1 Å². The molecule has 0 saturated carbocycles. The van der Waals surface area contributed by atoms with Crippen molar-refractivity contribution in [2.75, 3.05) is 0 Å². The van der Waals surface area contributed by atoms with Crippen LogP contribution in [0.4, 0.5) is 0 Å². The Kier molecular flexibility index (Phi) is 3.68. The molecule has 0 bridgehead atoms. The van der Waals surface area contributed by atoms with Crippen molar-refractivity contribution in [3.8, 4) is 0 Å². The molecular weight excluding hydrogens is 294 g/mol. The fraction of sp³-hybridized carbons (Fsp3) is 0.200. The number of aromatic carboxylic acids is 1. The van der Waals surface area contributed by atoms with Crippen molar-refractivity contribution in [1.82, 2.24) is 4.98 Å². The first-order valence-electron chi connectivity index (χ1n) is 6.33. The second-order valence-corrected chi connectivity index (χ2v) is 6.16. The molecule has 0 aliphatic heterocycles. The number of carboxylic acids is 1. The van der Waals surface area contributed by atoms with Gasteiger partial charge in [-0.25, -0.2) is 9.78 Å². The molecule has 0 radical (unpaired) electrons. The molecule has 102 valence electrons. The van der Waals surface area contributed by atoms with Crippen LogP contribution in [-0.2, 0) is 12.8 Å². The largest absolute Gasteiger partial charge is 0.478 e. The van der Waals surface area contributed by atoms with Gasteiger partial charge < -0.3 is 5.11 Å². The van der Waals surface area contributed by atoms with Gasteiger partial charge in [0.05, 0.1) is 10.6 Å². The van der Waals surface area contributed by atoms with Crippen molar-refractivity contribution in [3.63, 3.8) is 0 Å². The van der Waals surface area contributed by atoms with Gasteiger partial charge in [-0.1, -0.05) is 29.4 Å². The van der Waals surface area contributed by atoms with E-state index in [-0.39, 0.29) is 10.6 Å². The molecule has 20 heavy (non-hydrogen) atoms. The van der Waals surface area contributed by atoms with Crippen molar-refractivity contribution in [2.24, 2.45) is 0 Å². The molecule has 0 spiro atoms. The zero-order valence-electron chi connectivity index (χ0n) is 10.6. The highest BCUT2D eigenvalue weighted by atomic mass is 35.5. The average molecular weight is 306 g/mol. The number of hydrogen-bond acceptors (Lipinski definition) is 3. The third-order valence-corrected chi connectivity index (χ3v) is 4.55. The van der Waals surface area contributed by atoms with E-state index in [0.717, 1.165) is 22.8 Å². The van der Waals surface area contributed by atoms with Crippen LogP contribution in [0.5, 0.6) is 0 Å². The third kappa shape index (κ3) is 2.67. The van der Waals surface area contributed by atoms with Crippen LogP contribution >= 0.6 is 23.4 Å². The van der Waals surface area contributed by atoms with Gasteiger partial charge in [0.15, 0.2) is 0 Å². The van der Waals surface area contributed by atoms with Crippen LogP contribution < -0.4 is 0 Å². The maximum atomic E-state index is 11.1. The lowest BCUT2D eigenvalue weighted by Crippen LogP contribution is -1.97. The smallest absolute Gasteiger partial charge is 0.337 e. The molecule has 1 aliphatic rings. The van der Waals surface area contributed by atoms with Crippen molar-refractivity contribution >= 4 is 29.3 Å². The molecule has 1 aromatic carbocycles. The number of pyridine rings is 1. The quantitative estimate of drug-likeness (QED) is 0.928. The first-order chi connectivity index (χ1) is 9.63. The zero-order valence-corrected chi connectivity index (χ0v) is 12.2. The predicted molar refractivity (Wildman–Crippen MR) is 78.8 cm³/mol. The number of benzene rings is 1. The Morgan fingerprint density at radius 2 is 2.10 bits per heavy atom. The van der Waals surface area contributed by atoms with Crippen LogP contribution in [0.15, 0.2) is 40.3 Å².